The summed E-state index contributed by atoms with van der Waals surface area (Å²) in [5, 5.41) is 0. The van der Waals surface area contributed by atoms with Gasteiger partial charge in [0.2, 0.25) is 0 Å². The largest absolute Gasteiger partial charge is 0.295 e. The Hall–Kier alpha value is -1.11. The SMILES string of the molecule is CC(=O)c1cc(C)c2c(c1)C(C)(C)CC2. The highest BCUT2D eigenvalue weighted by Gasteiger charge is 2.31. The summed E-state index contributed by atoms with van der Waals surface area (Å²) in [7, 11) is 0. The third kappa shape index (κ3) is 1.60. The van der Waals surface area contributed by atoms with Crippen LogP contribution < -0.4 is 0 Å². The van der Waals surface area contributed by atoms with Gasteiger partial charge in [-0.3, -0.25) is 4.79 Å². The average molecular weight is 202 g/mol. The monoisotopic (exact) mass is 202 g/mol. The molecule has 0 saturated carbocycles. The van der Waals surface area contributed by atoms with Crippen LogP contribution >= 0.6 is 0 Å². The number of ketones is 1. The Bertz CT molecular complexity index is 427. The molecule has 1 aliphatic rings. The van der Waals surface area contributed by atoms with Crippen molar-refractivity contribution in [2.45, 2.75) is 46.0 Å². The van der Waals surface area contributed by atoms with Gasteiger partial charge < -0.3 is 0 Å². The van der Waals surface area contributed by atoms with Gasteiger partial charge in [-0.2, -0.15) is 0 Å². The van der Waals surface area contributed by atoms with Crippen LogP contribution in [-0.4, -0.2) is 5.78 Å². The molecule has 1 nitrogen and oxygen atoms in total. The summed E-state index contributed by atoms with van der Waals surface area (Å²) in [6.45, 7) is 8.29. The number of aryl methyl sites for hydroxylation is 1. The van der Waals surface area contributed by atoms with Crippen LogP contribution in [0.2, 0.25) is 0 Å². The van der Waals surface area contributed by atoms with Crippen LogP contribution in [0.5, 0.6) is 0 Å². The number of carbonyl (C=O) groups excluding carboxylic acids is 1. The highest BCUT2D eigenvalue weighted by Crippen LogP contribution is 2.40. The molecule has 0 aliphatic heterocycles. The Morgan fingerprint density at radius 1 is 1.33 bits per heavy atom. The summed E-state index contributed by atoms with van der Waals surface area (Å²) in [4.78, 5) is 11.4. The summed E-state index contributed by atoms with van der Waals surface area (Å²) in [5.41, 5.74) is 5.23. The first kappa shape index (κ1) is 10.4. The minimum Gasteiger partial charge on any atom is -0.295 e. The van der Waals surface area contributed by atoms with E-state index >= 15 is 0 Å². The number of hydrogen-bond acceptors (Lipinski definition) is 1. The summed E-state index contributed by atoms with van der Waals surface area (Å²) >= 11 is 0. The van der Waals surface area contributed by atoms with E-state index in [1.807, 2.05) is 6.07 Å². The lowest BCUT2D eigenvalue weighted by molar-refractivity contribution is 0.101. The molecule has 0 saturated heterocycles. The predicted molar refractivity (Wildman–Crippen MR) is 62.5 cm³/mol. The molecule has 15 heavy (non-hydrogen) atoms. The summed E-state index contributed by atoms with van der Waals surface area (Å²) in [5.74, 6) is 0.170. The Kier molecular flexibility index (Phi) is 2.22. The van der Waals surface area contributed by atoms with Gasteiger partial charge in [0, 0.05) is 5.56 Å². The van der Waals surface area contributed by atoms with Crippen molar-refractivity contribution in [1.29, 1.82) is 0 Å². The van der Waals surface area contributed by atoms with Gasteiger partial charge in [0.1, 0.15) is 0 Å². The second kappa shape index (κ2) is 3.19. The molecule has 0 N–H and O–H groups in total. The third-order valence-electron chi connectivity index (χ3n) is 3.61. The Morgan fingerprint density at radius 3 is 2.60 bits per heavy atom. The fourth-order valence-corrected chi connectivity index (χ4v) is 2.53. The molecule has 0 fully saturated rings. The van der Waals surface area contributed by atoms with E-state index in [9.17, 15) is 4.79 Å². The zero-order valence-electron chi connectivity index (χ0n) is 9.98. The van der Waals surface area contributed by atoms with E-state index in [2.05, 4.69) is 26.8 Å². The van der Waals surface area contributed by atoms with E-state index in [1.54, 1.807) is 6.92 Å². The minimum atomic E-state index is 0.170. The number of rotatable bonds is 1. The number of carbonyl (C=O) groups is 1. The third-order valence-corrected chi connectivity index (χ3v) is 3.61. The molecule has 1 aromatic rings. The molecule has 0 aromatic heterocycles. The zero-order chi connectivity index (χ0) is 11.2. The molecule has 80 valence electrons. The summed E-state index contributed by atoms with van der Waals surface area (Å²) in [6.07, 6.45) is 2.36. The van der Waals surface area contributed by atoms with Gasteiger partial charge in [-0.1, -0.05) is 13.8 Å². The lowest BCUT2D eigenvalue weighted by Crippen LogP contribution is -2.13. The van der Waals surface area contributed by atoms with Crippen LogP contribution in [0.25, 0.3) is 0 Å². The maximum Gasteiger partial charge on any atom is 0.159 e. The number of fused-ring (bicyclic) bond motifs is 1. The van der Waals surface area contributed by atoms with E-state index < -0.39 is 0 Å². The maximum atomic E-state index is 11.4. The average Bonchev–Trinajstić information content (AvgIpc) is 2.43. The van der Waals surface area contributed by atoms with Gasteiger partial charge in [0.05, 0.1) is 0 Å². The molecular weight excluding hydrogens is 184 g/mol. The van der Waals surface area contributed by atoms with Crippen molar-refractivity contribution in [1.82, 2.24) is 0 Å². The fraction of sp³-hybridized carbons (Fsp3) is 0.500. The van der Waals surface area contributed by atoms with Gasteiger partial charge in [0.15, 0.2) is 5.78 Å². The molecule has 2 rings (SSSR count). The van der Waals surface area contributed by atoms with Crippen LogP contribution in [0.1, 0.15) is 54.2 Å². The zero-order valence-corrected chi connectivity index (χ0v) is 9.98. The standard InChI is InChI=1S/C14H18O/c1-9-7-11(10(2)15)8-13-12(9)5-6-14(13,3)4/h7-8H,5-6H2,1-4H3. The van der Waals surface area contributed by atoms with E-state index in [-0.39, 0.29) is 11.2 Å². The highest BCUT2D eigenvalue weighted by molar-refractivity contribution is 5.94. The van der Waals surface area contributed by atoms with Gasteiger partial charge in [0.25, 0.3) is 0 Å². The Balaban J connectivity index is 2.63. The lowest BCUT2D eigenvalue weighted by atomic mass is 9.85. The van der Waals surface area contributed by atoms with Gasteiger partial charge in [-0.15, -0.1) is 0 Å². The lowest BCUT2D eigenvalue weighted by Gasteiger charge is -2.20. The first-order chi connectivity index (χ1) is 6.92. The topological polar surface area (TPSA) is 17.1 Å². The second-order valence-electron chi connectivity index (χ2n) is 5.26. The van der Waals surface area contributed by atoms with Crippen molar-refractivity contribution in [3.8, 4) is 0 Å². The summed E-state index contributed by atoms with van der Waals surface area (Å²) in [6, 6.07) is 4.13. The van der Waals surface area contributed by atoms with Gasteiger partial charge in [-0.25, -0.2) is 0 Å². The van der Waals surface area contributed by atoms with E-state index in [0.29, 0.717) is 0 Å². The molecular formula is C14H18O. The van der Waals surface area contributed by atoms with Crippen molar-refractivity contribution in [2.75, 3.05) is 0 Å². The van der Waals surface area contributed by atoms with Crippen molar-refractivity contribution in [2.24, 2.45) is 0 Å². The predicted octanol–water partition coefficient (Wildman–Crippen LogP) is 3.42. The highest BCUT2D eigenvalue weighted by atomic mass is 16.1. The first-order valence-electron chi connectivity index (χ1n) is 5.57. The molecule has 0 unspecified atom stereocenters. The Labute approximate surface area is 91.5 Å². The fourth-order valence-electron chi connectivity index (χ4n) is 2.53. The number of benzene rings is 1. The van der Waals surface area contributed by atoms with Crippen LogP contribution in [0.3, 0.4) is 0 Å². The van der Waals surface area contributed by atoms with Crippen LogP contribution in [0.15, 0.2) is 12.1 Å². The summed E-state index contributed by atoms with van der Waals surface area (Å²) < 4.78 is 0. The molecule has 1 aliphatic carbocycles. The van der Waals surface area contributed by atoms with Gasteiger partial charge in [-0.05, 0) is 60.9 Å². The van der Waals surface area contributed by atoms with Crippen molar-refractivity contribution < 1.29 is 4.79 Å². The first-order valence-corrected chi connectivity index (χ1v) is 5.57. The van der Waals surface area contributed by atoms with E-state index in [4.69, 9.17) is 0 Å². The molecule has 1 aromatic carbocycles. The molecule has 0 radical (unpaired) electrons. The van der Waals surface area contributed by atoms with Crippen molar-refractivity contribution >= 4 is 5.78 Å². The van der Waals surface area contributed by atoms with Crippen LogP contribution in [0.4, 0.5) is 0 Å². The smallest absolute Gasteiger partial charge is 0.159 e. The molecule has 0 heterocycles. The maximum absolute atomic E-state index is 11.4. The molecule has 0 atom stereocenters. The molecule has 1 heteroatoms. The minimum absolute atomic E-state index is 0.170. The molecule has 0 bridgehead atoms. The van der Waals surface area contributed by atoms with Crippen molar-refractivity contribution in [3.63, 3.8) is 0 Å². The molecule has 0 amide bonds. The van der Waals surface area contributed by atoms with Crippen LogP contribution in [0, 0.1) is 6.92 Å². The normalized spacial score (nSPS) is 17.6. The van der Waals surface area contributed by atoms with E-state index in [0.717, 1.165) is 12.0 Å². The van der Waals surface area contributed by atoms with Crippen molar-refractivity contribution in [3.05, 3.63) is 34.4 Å². The van der Waals surface area contributed by atoms with Crippen LogP contribution in [-0.2, 0) is 11.8 Å². The molecule has 0 spiro atoms. The van der Waals surface area contributed by atoms with Gasteiger partial charge >= 0.3 is 0 Å². The quantitative estimate of drug-likeness (QED) is 0.638. The second-order valence-corrected chi connectivity index (χ2v) is 5.26. The number of Topliss-reactive ketones (excluding diaryl/α,β-unsaturated/α-hetero) is 1. The Morgan fingerprint density at radius 2 is 2.00 bits per heavy atom. The number of hydrogen-bond donors (Lipinski definition) is 0. The van der Waals surface area contributed by atoms with E-state index in [1.165, 1.54) is 23.1 Å².